The first-order valence-corrected chi connectivity index (χ1v) is 13.4. The van der Waals surface area contributed by atoms with E-state index < -0.39 is 17.6 Å². The van der Waals surface area contributed by atoms with E-state index in [-0.39, 0.29) is 22.9 Å². The van der Waals surface area contributed by atoms with Crippen molar-refractivity contribution in [2.75, 3.05) is 51.0 Å². The maximum Gasteiger partial charge on any atom is 0.416 e. The van der Waals surface area contributed by atoms with E-state index in [1.807, 2.05) is 0 Å². The standard InChI is InChI=1S/C25H31F3N4O4S/c1-35-21-8-7-17(25(26,27)28)15-19(21)29-22(33)16-37-23-18-5-2-3-6-20(18)32(24(34)30-23)10-4-9-31-11-13-36-14-12-31/h7-8,15H,2-6,9-14,16H2,1H3,(H,29,33). The van der Waals surface area contributed by atoms with Gasteiger partial charge in [-0.15, -0.1) is 0 Å². The summed E-state index contributed by atoms with van der Waals surface area (Å²) in [5.41, 5.74) is 0.699. The summed E-state index contributed by atoms with van der Waals surface area (Å²) in [6.07, 6.45) is -0.192. The van der Waals surface area contributed by atoms with Gasteiger partial charge in [-0.1, -0.05) is 11.8 Å². The molecule has 2 aromatic rings. The lowest BCUT2D eigenvalue weighted by atomic mass is 9.97. The van der Waals surface area contributed by atoms with Crippen molar-refractivity contribution in [2.45, 2.75) is 49.9 Å². The molecule has 8 nitrogen and oxygen atoms in total. The maximum absolute atomic E-state index is 13.1. The minimum Gasteiger partial charge on any atom is -0.495 e. The van der Waals surface area contributed by atoms with Crippen LogP contribution in [0.5, 0.6) is 5.75 Å². The van der Waals surface area contributed by atoms with Crippen LogP contribution in [0, 0.1) is 0 Å². The van der Waals surface area contributed by atoms with Gasteiger partial charge in [0.1, 0.15) is 10.8 Å². The number of carbonyl (C=O) groups is 1. The van der Waals surface area contributed by atoms with Crippen LogP contribution in [0.4, 0.5) is 18.9 Å². The number of morpholine rings is 1. The van der Waals surface area contributed by atoms with Gasteiger partial charge in [0.25, 0.3) is 0 Å². The fourth-order valence-corrected chi connectivity index (χ4v) is 5.55. The smallest absolute Gasteiger partial charge is 0.416 e. The highest BCUT2D eigenvalue weighted by atomic mass is 32.2. The molecule has 1 fully saturated rings. The average Bonchev–Trinajstić information content (AvgIpc) is 2.89. The molecule has 1 N–H and O–H groups in total. The molecule has 1 amide bonds. The number of hydrogen-bond donors (Lipinski definition) is 1. The second-order valence-corrected chi connectivity index (χ2v) is 10.0. The maximum atomic E-state index is 13.1. The number of rotatable bonds is 9. The topological polar surface area (TPSA) is 85.7 Å². The third-order valence-corrected chi connectivity index (χ3v) is 7.57. The number of nitrogens with zero attached hydrogens (tertiary/aromatic N) is 3. The zero-order chi connectivity index (χ0) is 26.4. The molecular formula is C25H31F3N4O4S. The molecule has 1 aliphatic carbocycles. The fraction of sp³-hybridized carbons (Fsp3) is 0.560. The Morgan fingerprint density at radius 1 is 1.19 bits per heavy atom. The molecule has 0 atom stereocenters. The minimum absolute atomic E-state index is 0.0615. The van der Waals surface area contributed by atoms with Crippen LogP contribution in [0.15, 0.2) is 28.0 Å². The zero-order valence-electron chi connectivity index (χ0n) is 20.7. The van der Waals surface area contributed by atoms with Gasteiger partial charge in [0.05, 0.1) is 37.3 Å². The van der Waals surface area contributed by atoms with Gasteiger partial charge in [0.15, 0.2) is 0 Å². The summed E-state index contributed by atoms with van der Waals surface area (Å²) < 4.78 is 51.6. The molecule has 0 bridgehead atoms. The second-order valence-electron chi connectivity index (χ2n) is 9.04. The Hall–Kier alpha value is -2.57. The molecule has 2 aliphatic rings. The first-order chi connectivity index (χ1) is 17.8. The third kappa shape index (κ3) is 7.05. The van der Waals surface area contributed by atoms with Gasteiger partial charge in [0, 0.05) is 37.4 Å². The summed E-state index contributed by atoms with van der Waals surface area (Å²) in [5.74, 6) is -0.482. The van der Waals surface area contributed by atoms with Crippen LogP contribution >= 0.6 is 11.8 Å². The predicted molar refractivity (Wildman–Crippen MR) is 134 cm³/mol. The number of alkyl halides is 3. The van der Waals surface area contributed by atoms with Crippen LogP contribution in [0.25, 0.3) is 0 Å². The van der Waals surface area contributed by atoms with Crippen molar-refractivity contribution in [3.8, 4) is 5.75 Å². The van der Waals surface area contributed by atoms with Gasteiger partial charge in [-0.3, -0.25) is 14.3 Å². The molecule has 12 heteroatoms. The molecule has 1 aromatic heterocycles. The number of fused-ring (bicyclic) bond motifs is 1. The van der Waals surface area contributed by atoms with Crippen molar-refractivity contribution < 1.29 is 27.4 Å². The molecule has 0 unspecified atom stereocenters. The minimum atomic E-state index is -4.55. The van der Waals surface area contributed by atoms with E-state index in [0.29, 0.717) is 11.6 Å². The van der Waals surface area contributed by atoms with E-state index in [9.17, 15) is 22.8 Å². The zero-order valence-corrected chi connectivity index (χ0v) is 21.6. The highest BCUT2D eigenvalue weighted by Gasteiger charge is 2.31. The van der Waals surface area contributed by atoms with Gasteiger partial charge in [-0.05, 0) is 50.3 Å². The first kappa shape index (κ1) is 27.5. The average molecular weight is 541 g/mol. The molecule has 0 saturated carbocycles. The van der Waals surface area contributed by atoms with Gasteiger partial charge in [0.2, 0.25) is 5.91 Å². The molecule has 2 heterocycles. The van der Waals surface area contributed by atoms with Crippen LogP contribution in [0.3, 0.4) is 0 Å². The molecule has 37 heavy (non-hydrogen) atoms. The number of halogens is 3. The first-order valence-electron chi connectivity index (χ1n) is 12.4. The Labute approximate surface area is 217 Å². The van der Waals surface area contributed by atoms with E-state index in [2.05, 4.69) is 15.2 Å². The Balaban J connectivity index is 1.43. The number of anilines is 1. The largest absolute Gasteiger partial charge is 0.495 e. The molecule has 1 aromatic carbocycles. The van der Waals surface area contributed by atoms with Crippen molar-refractivity contribution in [3.63, 3.8) is 0 Å². The number of hydrogen-bond acceptors (Lipinski definition) is 7. The van der Waals surface area contributed by atoms with Crippen molar-refractivity contribution in [3.05, 3.63) is 45.5 Å². The Morgan fingerprint density at radius 3 is 2.68 bits per heavy atom. The number of nitrogens with one attached hydrogen (secondary N) is 1. The third-order valence-electron chi connectivity index (χ3n) is 6.55. The van der Waals surface area contributed by atoms with Gasteiger partial charge in [-0.25, -0.2) is 4.79 Å². The Bertz CT molecular complexity index is 1170. The normalized spacial score (nSPS) is 16.3. The summed E-state index contributed by atoms with van der Waals surface area (Å²) in [6.45, 7) is 4.74. The number of thioether (sulfide) groups is 1. The number of amides is 1. The fourth-order valence-electron chi connectivity index (χ4n) is 4.68. The molecular weight excluding hydrogens is 509 g/mol. The van der Waals surface area contributed by atoms with E-state index in [1.54, 1.807) is 4.57 Å². The second kappa shape index (κ2) is 12.3. The summed E-state index contributed by atoms with van der Waals surface area (Å²) in [7, 11) is 1.32. The summed E-state index contributed by atoms with van der Waals surface area (Å²) in [4.78, 5) is 32.2. The number of benzene rings is 1. The summed E-state index contributed by atoms with van der Waals surface area (Å²) in [5, 5.41) is 3.02. The van der Waals surface area contributed by atoms with Crippen LogP contribution in [-0.4, -0.2) is 66.1 Å². The van der Waals surface area contributed by atoms with Gasteiger partial charge < -0.3 is 14.8 Å². The molecule has 4 rings (SSSR count). The van der Waals surface area contributed by atoms with E-state index in [0.717, 1.165) is 100 Å². The highest BCUT2D eigenvalue weighted by molar-refractivity contribution is 8.00. The van der Waals surface area contributed by atoms with Crippen LogP contribution < -0.4 is 15.7 Å². The number of aromatic nitrogens is 2. The van der Waals surface area contributed by atoms with Crippen molar-refractivity contribution in [2.24, 2.45) is 0 Å². The van der Waals surface area contributed by atoms with E-state index >= 15 is 0 Å². The molecule has 0 spiro atoms. The van der Waals surface area contributed by atoms with E-state index in [4.69, 9.17) is 9.47 Å². The van der Waals surface area contributed by atoms with E-state index in [1.165, 1.54) is 13.2 Å². The van der Waals surface area contributed by atoms with Crippen molar-refractivity contribution in [1.29, 1.82) is 0 Å². The lowest BCUT2D eigenvalue weighted by molar-refractivity contribution is -0.137. The number of carbonyl (C=O) groups excluding carboxylic acids is 1. The summed E-state index contributed by atoms with van der Waals surface area (Å²) >= 11 is 1.13. The molecule has 1 aliphatic heterocycles. The van der Waals surface area contributed by atoms with Crippen LogP contribution in [0.1, 0.15) is 36.1 Å². The molecule has 0 radical (unpaired) electrons. The number of ether oxygens (including phenoxy) is 2. The predicted octanol–water partition coefficient (Wildman–Crippen LogP) is 3.60. The quantitative estimate of drug-likeness (QED) is 0.384. The van der Waals surface area contributed by atoms with Crippen molar-refractivity contribution in [1.82, 2.24) is 14.5 Å². The van der Waals surface area contributed by atoms with Crippen LogP contribution in [-0.2, 0) is 35.1 Å². The molecule has 202 valence electrons. The SMILES string of the molecule is COc1ccc(C(F)(F)F)cc1NC(=O)CSc1nc(=O)n(CCCN2CCOCC2)c2c1CCCC2. The lowest BCUT2D eigenvalue weighted by Crippen LogP contribution is -2.38. The monoisotopic (exact) mass is 540 g/mol. The van der Waals surface area contributed by atoms with Gasteiger partial charge >= 0.3 is 11.9 Å². The Kier molecular flexibility index (Phi) is 9.14. The highest BCUT2D eigenvalue weighted by Crippen LogP contribution is 2.35. The molecule has 1 saturated heterocycles. The lowest BCUT2D eigenvalue weighted by Gasteiger charge is -2.27. The van der Waals surface area contributed by atoms with Crippen molar-refractivity contribution >= 4 is 23.4 Å². The number of methoxy groups -OCH3 is 1. The van der Waals surface area contributed by atoms with Gasteiger partial charge in [-0.2, -0.15) is 18.2 Å². The summed E-state index contributed by atoms with van der Waals surface area (Å²) in [6, 6.07) is 2.91. The Morgan fingerprint density at radius 2 is 1.95 bits per heavy atom. The van der Waals surface area contributed by atoms with Crippen LogP contribution in [0.2, 0.25) is 0 Å².